The number of aliphatic hydroxyl groups excluding tert-OH is 1. The Morgan fingerprint density at radius 1 is 0.800 bits per heavy atom. The topological polar surface area (TPSA) is 37.3 Å². The lowest BCUT2D eigenvalue weighted by Crippen LogP contribution is -2.11. The summed E-state index contributed by atoms with van der Waals surface area (Å²) in [4.78, 5) is 11.6. The fraction of sp³-hybridized carbons (Fsp3) is 0.722. The average molecular weight is 278 g/mol. The summed E-state index contributed by atoms with van der Waals surface area (Å²) in [7, 11) is 0. The zero-order valence-corrected chi connectivity index (χ0v) is 12.7. The Morgan fingerprint density at radius 3 is 1.90 bits per heavy atom. The molecule has 0 spiro atoms. The Bertz CT molecular complexity index is 305. The lowest BCUT2D eigenvalue weighted by Gasteiger charge is -2.11. The van der Waals surface area contributed by atoms with Gasteiger partial charge in [0.1, 0.15) is 0 Å². The molecule has 2 nitrogen and oxygen atoms in total. The van der Waals surface area contributed by atoms with Crippen LogP contribution in [0.3, 0.4) is 0 Å². The van der Waals surface area contributed by atoms with Crippen molar-refractivity contribution < 1.29 is 9.90 Å². The molecule has 1 rings (SSSR count). The molecule has 2 heteroatoms. The summed E-state index contributed by atoms with van der Waals surface area (Å²) >= 11 is 0. The molecule has 0 aliphatic heterocycles. The zero-order chi connectivity index (χ0) is 14.5. The second kappa shape index (κ2) is 11.9. The molecule has 1 unspecified atom stereocenters. The fourth-order valence-electron chi connectivity index (χ4n) is 2.70. The molecule has 0 amide bonds. The first-order valence-electron chi connectivity index (χ1n) is 8.34. The van der Waals surface area contributed by atoms with Crippen LogP contribution in [-0.4, -0.2) is 17.5 Å². The van der Waals surface area contributed by atoms with E-state index in [-0.39, 0.29) is 11.7 Å². The van der Waals surface area contributed by atoms with E-state index >= 15 is 0 Å². The maximum absolute atomic E-state index is 11.6. The summed E-state index contributed by atoms with van der Waals surface area (Å²) in [5.74, 6) is 0.418. The highest BCUT2D eigenvalue weighted by molar-refractivity contribution is 5.94. The first-order valence-corrected chi connectivity index (χ1v) is 8.34. The van der Waals surface area contributed by atoms with Crippen molar-refractivity contribution in [3.8, 4) is 0 Å². The normalized spacial score (nSPS) is 17.9. The molecular formula is C18H30O2. The second-order valence-corrected chi connectivity index (χ2v) is 5.80. The molecule has 0 aromatic rings. The van der Waals surface area contributed by atoms with Crippen molar-refractivity contribution in [2.75, 3.05) is 6.61 Å². The van der Waals surface area contributed by atoms with Gasteiger partial charge < -0.3 is 5.11 Å². The number of rotatable bonds is 12. The summed E-state index contributed by atoms with van der Waals surface area (Å²) in [6.07, 6.45) is 21.0. The molecule has 1 aliphatic carbocycles. The molecule has 0 aromatic carbocycles. The van der Waals surface area contributed by atoms with Gasteiger partial charge in [-0.15, -0.1) is 0 Å². The van der Waals surface area contributed by atoms with E-state index in [1.54, 1.807) is 6.08 Å². The zero-order valence-electron chi connectivity index (χ0n) is 12.7. The lowest BCUT2D eigenvalue weighted by atomic mass is 9.93. The molecule has 0 saturated carbocycles. The van der Waals surface area contributed by atoms with Crippen molar-refractivity contribution in [1.82, 2.24) is 0 Å². The van der Waals surface area contributed by atoms with Crippen molar-refractivity contribution in [3.05, 3.63) is 24.3 Å². The predicted octanol–water partition coefficient (Wildman–Crippen LogP) is 4.58. The Kier molecular flexibility index (Phi) is 10.2. The van der Waals surface area contributed by atoms with Crippen molar-refractivity contribution in [2.45, 2.75) is 70.6 Å². The summed E-state index contributed by atoms with van der Waals surface area (Å²) < 4.78 is 0. The monoisotopic (exact) mass is 278 g/mol. The molecule has 20 heavy (non-hydrogen) atoms. The molecule has 0 radical (unpaired) electrons. The molecule has 114 valence electrons. The predicted molar refractivity (Wildman–Crippen MR) is 84.6 cm³/mol. The number of allylic oxidation sites excluding steroid dienone is 4. The van der Waals surface area contributed by atoms with Crippen LogP contribution in [0.1, 0.15) is 70.6 Å². The lowest BCUT2D eigenvalue weighted by molar-refractivity contribution is -0.117. The number of aliphatic hydroxyl groups is 1. The van der Waals surface area contributed by atoms with Crippen molar-refractivity contribution in [2.24, 2.45) is 5.92 Å². The summed E-state index contributed by atoms with van der Waals surface area (Å²) in [6.45, 7) is 0.342. The van der Waals surface area contributed by atoms with Gasteiger partial charge in [0.2, 0.25) is 0 Å². The minimum Gasteiger partial charge on any atom is -0.396 e. The molecule has 0 fully saturated rings. The molecule has 0 aromatic heterocycles. The Morgan fingerprint density at radius 2 is 1.35 bits per heavy atom. The van der Waals surface area contributed by atoms with Crippen LogP contribution < -0.4 is 0 Å². The van der Waals surface area contributed by atoms with Crippen LogP contribution in [0, 0.1) is 5.92 Å². The van der Waals surface area contributed by atoms with Gasteiger partial charge in [-0.25, -0.2) is 0 Å². The highest BCUT2D eigenvalue weighted by atomic mass is 16.2. The first-order chi connectivity index (χ1) is 9.84. The smallest absolute Gasteiger partial charge is 0.162 e. The van der Waals surface area contributed by atoms with Gasteiger partial charge in [0.15, 0.2) is 5.78 Å². The van der Waals surface area contributed by atoms with Crippen LogP contribution in [0.4, 0.5) is 0 Å². The van der Waals surface area contributed by atoms with Crippen molar-refractivity contribution in [1.29, 1.82) is 0 Å². The summed E-state index contributed by atoms with van der Waals surface area (Å²) in [6, 6.07) is 0. The van der Waals surface area contributed by atoms with Crippen LogP contribution >= 0.6 is 0 Å². The number of carbonyl (C=O) groups excluding carboxylic acids is 1. The van der Waals surface area contributed by atoms with Gasteiger partial charge in [-0.2, -0.15) is 0 Å². The van der Waals surface area contributed by atoms with E-state index < -0.39 is 0 Å². The molecular weight excluding hydrogens is 248 g/mol. The summed E-state index contributed by atoms with van der Waals surface area (Å²) in [5, 5.41) is 8.67. The highest BCUT2D eigenvalue weighted by Gasteiger charge is 2.13. The van der Waals surface area contributed by atoms with Gasteiger partial charge in [-0.05, 0) is 18.9 Å². The van der Waals surface area contributed by atoms with E-state index in [0.29, 0.717) is 6.61 Å². The van der Waals surface area contributed by atoms with E-state index in [2.05, 4.69) is 0 Å². The standard InChI is InChI=1S/C18H30O2/c19-16-12-8-6-4-2-1-3-5-7-9-13-17-14-10-11-15-18(17)20/h10-11,14-15,17,19H,1-9,12-13,16H2. The van der Waals surface area contributed by atoms with E-state index in [1.165, 1.54) is 57.8 Å². The Balaban J connectivity index is 1.82. The first kappa shape index (κ1) is 17.2. The maximum atomic E-state index is 11.6. The van der Waals surface area contributed by atoms with Gasteiger partial charge in [-0.1, -0.05) is 76.0 Å². The highest BCUT2D eigenvalue weighted by Crippen LogP contribution is 2.17. The Labute approximate surface area is 124 Å². The van der Waals surface area contributed by atoms with Crippen molar-refractivity contribution in [3.63, 3.8) is 0 Å². The second-order valence-electron chi connectivity index (χ2n) is 5.80. The number of hydrogen-bond acceptors (Lipinski definition) is 2. The number of hydrogen-bond donors (Lipinski definition) is 1. The van der Waals surface area contributed by atoms with Gasteiger partial charge >= 0.3 is 0 Å². The maximum Gasteiger partial charge on any atom is 0.162 e. The van der Waals surface area contributed by atoms with Gasteiger partial charge in [0, 0.05) is 12.5 Å². The minimum absolute atomic E-state index is 0.145. The van der Waals surface area contributed by atoms with Crippen LogP contribution in [0.5, 0.6) is 0 Å². The largest absolute Gasteiger partial charge is 0.396 e. The van der Waals surface area contributed by atoms with Crippen molar-refractivity contribution >= 4 is 5.78 Å². The van der Waals surface area contributed by atoms with E-state index in [4.69, 9.17) is 5.11 Å². The molecule has 0 bridgehead atoms. The van der Waals surface area contributed by atoms with Gasteiger partial charge in [0.05, 0.1) is 0 Å². The van der Waals surface area contributed by atoms with Gasteiger partial charge in [0.25, 0.3) is 0 Å². The van der Waals surface area contributed by atoms with E-state index in [9.17, 15) is 4.79 Å². The summed E-state index contributed by atoms with van der Waals surface area (Å²) in [5.41, 5.74) is 0. The quantitative estimate of drug-likeness (QED) is 0.530. The molecule has 0 saturated heterocycles. The molecule has 0 heterocycles. The number of unbranched alkanes of at least 4 members (excludes halogenated alkanes) is 9. The SMILES string of the molecule is O=C1C=CC=CC1CCCCCCCCCCCCO. The molecule has 1 aliphatic rings. The van der Waals surface area contributed by atoms with Crippen LogP contribution in [-0.2, 0) is 4.79 Å². The Hall–Kier alpha value is -0.890. The fourth-order valence-corrected chi connectivity index (χ4v) is 2.70. The number of carbonyl (C=O) groups is 1. The van der Waals surface area contributed by atoms with Gasteiger partial charge in [-0.3, -0.25) is 4.79 Å². The third kappa shape index (κ3) is 8.31. The van der Waals surface area contributed by atoms with Crippen LogP contribution in [0.2, 0.25) is 0 Å². The van der Waals surface area contributed by atoms with E-state index in [1.807, 2.05) is 18.2 Å². The van der Waals surface area contributed by atoms with Crippen LogP contribution in [0.25, 0.3) is 0 Å². The third-order valence-electron chi connectivity index (χ3n) is 4.00. The van der Waals surface area contributed by atoms with Crippen LogP contribution in [0.15, 0.2) is 24.3 Å². The molecule has 1 atom stereocenters. The average Bonchev–Trinajstić information content (AvgIpc) is 2.46. The minimum atomic E-state index is 0.145. The molecule has 1 N–H and O–H groups in total. The third-order valence-corrected chi connectivity index (χ3v) is 4.00. The number of ketones is 1. The van der Waals surface area contributed by atoms with E-state index in [0.717, 1.165) is 12.8 Å².